The number of hydrogen-bond donors (Lipinski definition) is 1. The molecule has 0 radical (unpaired) electrons. The van der Waals surface area contributed by atoms with Gasteiger partial charge in [-0.05, 0) is 24.3 Å². The fraction of sp³-hybridized carbons (Fsp3) is 0. The van der Waals surface area contributed by atoms with E-state index in [1.165, 1.54) is 4.80 Å². The minimum Gasteiger partial charge on any atom is -0.545 e. The fourth-order valence-corrected chi connectivity index (χ4v) is 1.43. The molecule has 0 aliphatic carbocycles. The zero-order chi connectivity index (χ0) is 13.8. The number of carbonyl (C=O) groups excluding carboxylic acids is 2. The average molecular weight is 257 g/mol. The molecule has 0 fully saturated rings. The maximum Gasteiger partial charge on any atom is 0.271 e. The van der Waals surface area contributed by atoms with Gasteiger partial charge in [0.05, 0.1) is 11.7 Å². The molecule has 1 amide bonds. The molecule has 7 heteroatoms. The van der Waals surface area contributed by atoms with Gasteiger partial charge in [-0.15, -0.1) is 10.2 Å². The molecule has 0 saturated carbocycles. The molecule has 2 rings (SSSR count). The summed E-state index contributed by atoms with van der Waals surface area (Å²) in [5.74, 6) is -2.19. The lowest BCUT2D eigenvalue weighted by Gasteiger charge is -1.96. The van der Waals surface area contributed by atoms with E-state index in [4.69, 9.17) is 5.73 Å². The van der Waals surface area contributed by atoms with E-state index in [2.05, 4.69) is 10.2 Å². The smallest absolute Gasteiger partial charge is 0.271 e. The minimum absolute atomic E-state index is 0.0700. The Labute approximate surface area is 108 Å². The van der Waals surface area contributed by atoms with Gasteiger partial charge in [-0.3, -0.25) is 4.79 Å². The van der Waals surface area contributed by atoms with Gasteiger partial charge in [0.1, 0.15) is 5.69 Å². The zero-order valence-electron chi connectivity index (χ0n) is 9.69. The molecule has 96 valence electrons. The Morgan fingerprint density at radius 3 is 2.47 bits per heavy atom. The Morgan fingerprint density at radius 1 is 1.21 bits per heavy atom. The van der Waals surface area contributed by atoms with Gasteiger partial charge in [-0.2, -0.15) is 4.80 Å². The van der Waals surface area contributed by atoms with Crippen molar-refractivity contribution in [1.82, 2.24) is 15.0 Å². The van der Waals surface area contributed by atoms with Gasteiger partial charge in [-0.25, -0.2) is 0 Å². The van der Waals surface area contributed by atoms with Gasteiger partial charge >= 0.3 is 0 Å². The summed E-state index contributed by atoms with van der Waals surface area (Å²) in [5, 5.41) is 18.3. The van der Waals surface area contributed by atoms with E-state index >= 15 is 0 Å². The van der Waals surface area contributed by atoms with Crippen LogP contribution in [0.4, 0.5) is 0 Å². The summed E-state index contributed by atoms with van der Waals surface area (Å²) in [7, 11) is 0. The Balaban J connectivity index is 2.47. The highest BCUT2D eigenvalue weighted by atomic mass is 16.4. The van der Waals surface area contributed by atoms with Crippen molar-refractivity contribution in [1.29, 1.82) is 0 Å². The first kappa shape index (κ1) is 12.5. The zero-order valence-corrected chi connectivity index (χ0v) is 9.69. The number of carboxylic acids is 1. The second kappa shape index (κ2) is 5.13. The molecule has 0 unspecified atom stereocenters. The summed E-state index contributed by atoms with van der Waals surface area (Å²) in [5.41, 5.74) is 5.74. The predicted octanol–water partition coefficient (Wildman–Crippen LogP) is -0.871. The van der Waals surface area contributed by atoms with Crippen LogP contribution in [0.2, 0.25) is 0 Å². The monoisotopic (exact) mass is 257 g/mol. The van der Waals surface area contributed by atoms with Crippen LogP contribution in [0.15, 0.2) is 36.4 Å². The van der Waals surface area contributed by atoms with E-state index in [1.54, 1.807) is 24.3 Å². The molecular weight excluding hydrogens is 248 g/mol. The van der Waals surface area contributed by atoms with Gasteiger partial charge in [0, 0.05) is 0 Å². The first-order valence-electron chi connectivity index (χ1n) is 5.29. The number of aromatic nitrogens is 3. The van der Waals surface area contributed by atoms with E-state index in [-0.39, 0.29) is 11.4 Å². The van der Waals surface area contributed by atoms with Crippen molar-refractivity contribution in [2.24, 2.45) is 5.73 Å². The highest BCUT2D eigenvalue weighted by Gasteiger charge is 2.14. The van der Waals surface area contributed by atoms with Crippen molar-refractivity contribution in [3.8, 4) is 5.69 Å². The van der Waals surface area contributed by atoms with E-state index in [9.17, 15) is 14.7 Å². The van der Waals surface area contributed by atoms with Crippen molar-refractivity contribution < 1.29 is 14.7 Å². The molecule has 7 nitrogen and oxygen atoms in total. The van der Waals surface area contributed by atoms with Crippen LogP contribution >= 0.6 is 0 Å². The number of aliphatic carboxylic acids is 1. The normalized spacial score (nSPS) is 10.7. The molecule has 0 spiro atoms. The van der Waals surface area contributed by atoms with Crippen LogP contribution in [0.5, 0.6) is 0 Å². The third kappa shape index (κ3) is 2.83. The number of amides is 1. The molecule has 0 aliphatic heterocycles. The van der Waals surface area contributed by atoms with E-state index < -0.39 is 11.9 Å². The second-order valence-electron chi connectivity index (χ2n) is 3.58. The van der Waals surface area contributed by atoms with Crippen molar-refractivity contribution in [2.75, 3.05) is 0 Å². The molecule has 0 bridgehead atoms. The van der Waals surface area contributed by atoms with Gasteiger partial charge in [-0.1, -0.05) is 18.2 Å². The molecule has 1 aromatic carbocycles. The average Bonchev–Trinajstić information content (AvgIpc) is 2.81. The molecule has 0 saturated heterocycles. The van der Waals surface area contributed by atoms with Crippen molar-refractivity contribution in [2.45, 2.75) is 0 Å². The van der Waals surface area contributed by atoms with E-state index in [0.717, 1.165) is 12.2 Å². The highest BCUT2D eigenvalue weighted by molar-refractivity contribution is 5.95. The van der Waals surface area contributed by atoms with Crippen LogP contribution in [0.1, 0.15) is 16.2 Å². The molecular formula is C12H9N4O3-. The lowest BCUT2D eigenvalue weighted by atomic mass is 10.3. The standard InChI is InChI=1S/C12H10N4O3/c13-12(19)11-9(6-7-10(17)18)14-16(15-11)8-4-2-1-3-5-8/h1-7H,(H2,13,19)(H,17,18)/p-1/b7-6-. The number of nitrogens with two attached hydrogens (primary N) is 1. The number of carboxylic acid groups (broad SMARTS) is 1. The van der Waals surface area contributed by atoms with Gasteiger partial charge in [0.2, 0.25) is 0 Å². The van der Waals surface area contributed by atoms with Gasteiger partial charge in [0.25, 0.3) is 5.91 Å². The Kier molecular flexibility index (Phi) is 3.37. The summed E-state index contributed by atoms with van der Waals surface area (Å²) < 4.78 is 0. The number of primary amides is 1. The fourth-order valence-electron chi connectivity index (χ4n) is 1.43. The van der Waals surface area contributed by atoms with Crippen molar-refractivity contribution in [3.63, 3.8) is 0 Å². The molecule has 2 aromatic rings. The molecule has 0 atom stereocenters. The van der Waals surface area contributed by atoms with Crippen LogP contribution in [0, 0.1) is 0 Å². The number of hydrogen-bond acceptors (Lipinski definition) is 5. The third-order valence-electron chi connectivity index (χ3n) is 2.24. The molecule has 19 heavy (non-hydrogen) atoms. The van der Waals surface area contributed by atoms with Crippen LogP contribution in [-0.2, 0) is 4.79 Å². The van der Waals surface area contributed by atoms with Crippen LogP contribution in [0.3, 0.4) is 0 Å². The summed E-state index contributed by atoms with van der Waals surface area (Å²) in [6.07, 6.45) is 1.87. The Bertz CT molecular complexity index is 646. The highest BCUT2D eigenvalue weighted by Crippen LogP contribution is 2.09. The van der Waals surface area contributed by atoms with Crippen molar-refractivity contribution in [3.05, 3.63) is 47.8 Å². The minimum atomic E-state index is -1.40. The Hall–Kier alpha value is -2.96. The first-order chi connectivity index (χ1) is 9.08. The summed E-state index contributed by atoms with van der Waals surface area (Å²) >= 11 is 0. The number of carbonyl (C=O) groups is 2. The summed E-state index contributed by atoms with van der Waals surface area (Å²) in [4.78, 5) is 22.8. The lowest BCUT2D eigenvalue weighted by molar-refractivity contribution is -0.297. The molecule has 0 aliphatic rings. The van der Waals surface area contributed by atoms with Crippen LogP contribution < -0.4 is 10.8 Å². The first-order valence-corrected chi connectivity index (χ1v) is 5.29. The van der Waals surface area contributed by atoms with E-state index in [0.29, 0.717) is 5.69 Å². The topological polar surface area (TPSA) is 114 Å². The van der Waals surface area contributed by atoms with Crippen molar-refractivity contribution >= 4 is 18.0 Å². The number of benzene rings is 1. The van der Waals surface area contributed by atoms with Crippen LogP contribution in [-0.4, -0.2) is 26.9 Å². The largest absolute Gasteiger partial charge is 0.545 e. The Morgan fingerprint density at radius 2 is 1.89 bits per heavy atom. The maximum atomic E-state index is 11.2. The van der Waals surface area contributed by atoms with Gasteiger partial charge in [0.15, 0.2) is 5.69 Å². The van der Waals surface area contributed by atoms with E-state index in [1.807, 2.05) is 6.07 Å². The summed E-state index contributed by atoms with van der Waals surface area (Å²) in [6.45, 7) is 0. The molecule has 1 heterocycles. The SMILES string of the molecule is NC(=O)c1nn(-c2ccccc2)nc1/C=C\C(=O)[O-]. The number of rotatable bonds is 4. The van der Waals surface area contributed by atoms with Crippen LogP contribution in [0.25, 0.3) is 11.8 Å². The molecule has 1 aromatic heterocycles. The quantitative estimate of drug-likeness (QED) is 0.715. The van der Waals surface area contributed by atoms with Gasteiger partial charge < -0.3 is 15.6 Å². The second-order valence-corrected chi connectivity index (χ2v) is 3.58. The lowest BCUT2D eigenvalue weighted by Crippen LogP contribution is -2.18. The third-order valence-corrected chi connectivity index (χ3v) is 2.24. The summed E-state index contributed by atoms with van der Waals surface area (Å²) in [6, 6.07) is 8.84. The maximum absolute atomic E-state index is 11.2. The predicted molar refractivity (Wildman–Crippen MR) is 63.9 cm³/mol. The number of nitrogens with zero attached hydrogens (tertiary/aromatic N) is 3. The molecule has 2 N–H and O–H groups in total. The number of para-hydroxylation sites is 1.